The number of para-hydroxylation sites is 2. The van der Waals surface area contributed by atoms with Crippen molar-refractivity contribution in [3.8, 4) is 0 Å². The minimum absolute atomic E-state index is 0.0867. The standard InChI is InChI=1S/C23H22N4OS2/c1-16-18(15-30-23-26-19-8-2-3-9-20(19)27-23)6-4-10-21(16)29-13-12-25-22(28)17-7-5-11-24-14-17/h2-11,14H,12-13,15H2,1H3,(H,25,28)(H,26,27). The van der Waals surface area contributed by atoms with Crippen LogP contribution in [-0.4, -0.2) is 33.2 Å². The third-order valence-electron chi connectivity index (χ3n) is 4.70. The van der Waals surface area contributed by atoms with Gasteiger partial charge in [-0.1, -0.05) is 36.0 Å². The molecule has 30 heavy (non-hydrogen) atoms. The van der Waals surface area contributed by atoms with Crippen LogP contribution in [0.4, 0.5) is 0 Å². The number of hydrogen-bond acceptors (Lipinski definition) is 5. The van der Waals surface area contributed by atoms with Crippen LogP contribution in [0.1, 0.15) is 21.5 Å². The number of fused-ring (bicyclic) bond motifs is 1. The normalized spacial score (nSPS) is 11.0. The molecule has 0 aliphatic carbocycles. The molecule has 0 bridgehead atoms. The first kappa shape index (κ1) is 20.5. The molecule has 4 aromatic rings. The maximum Gasteiger partial charge on any atom is 0.252 e. The third kappa shape index (κ3) is 5.04. The quantitative estimate of drug-likeness (QED) is 0.299. The van der Waals surface area contributed by atoms with Gasteiger partial charge in [-0.2, -0.15) is 0 Å². The molecule has 5 nitrogen and oxygen atoms in total. The largest absolute Gasteiger partial charge is 0.351 e. The van der Waals surface area contributed by atoms with Crippen LogP contribution >= 0.6 is 23.5 Å². The zero-order chi connectivity index (χ0) is 20.8. The highest BCUT2D eigenvalue weighted by molar-refractivity contribution is 7.99. The molecule has 0 aliphatic heterocycles. The van der Waals surface area contributed by atoms with Gasteiger partial charge in [0, 0.05) is 35.3 Å². The van der Waals surface area contributed by atoms with Crippen LogP contribution in [0.2, 0.25) is 0 Å². The molecule has 0 fully saturated rings. The first-order chi connectivity index (χ1) is 14.7. The van der Waals surface area contributed by atoms with E-state index in [-0.39, 0.29) is 5.91 Å². The number of rotatable bonds is 8. The Labute approximate surface area is 184 Å². The average molecular weight is 435 g/mol. The van der Waals surface area contributed by atoms with E-state index in [1.54, 1.807) is 48.1 Å². The number of nitrogens with one attached hydrogen (secondary N) is 2. The van der Waals surface area contributed by atoms with Crippen molar-refractivity contribution in [3.05, 3.63) is 83.7 Å². The lowest BCUT2D eigenvalue weighted by Gasteiger charge is -2.11. The molecule has 0 unspecified atom stereocenters. The summed E-state index contributed by atoms with van der Waals surface area (Å²) in [4.78, 5) is 25.3. The SMILES string of the molecule is Cc1c(CSc2nc3ccccc3[nH]2)cccc1SCCNC(=O)c1cccnc1. The summed E-state index contributed by atoms with van der Waals surface area (Å²) in [6.45, 7) is 2.76. The van der Waals surface area contributed by atoms with Crippen molar-refractivity contribution in [2.24, 2.45) is 0 Å². The molecule has 0 radical (unpaired) electrons. The highest BCUT2D eigenvalue weighted by atomic mass is 32.2. The number of imidazole rings is 1. The molecule has 2 aromatic heterocycles. The van der Waals surface area contributed by atoms with E-state index in [2.05, 4.69) is 45.4 Å². The number of carbonyl (C=O) groups excluding carboxylic acids is 1. The molecule has 1 amide bonds. The van der Waals surface area contributed by atoms with Gasteiger partial charge in [0.15, 0.2) is 5.16 Å². The van der Waals surface area contributed by atoms with Crippen molar-refractivity contribution >= 4 is 40.5 Å². The third-order valence-corrected chi connectivity index (χ3v) is 6.78. The average Bonchev–Trinajstić information content (AvgIpc) is 3.20. The zero-order valence-electron chi connectivity index (χ0n) is 16.6. The summed E-state index contributed by atoms with van der Waals surface area (Å²) >= 11 is 3.47. The minimum Gasteiger partial charge on any atom is -0.351 e. The van der Waals surface area contributed by atoms with Crippen molar-refractivity contribution in [2.45, 2.75) is 22.7 Å². The van der Waals surface area contributed by atoms with Gasteiger partial charge < -0.3 is 10.3 Å². The molecule has 2 heterocycles. The highest BCUT2D eigenvalue weighted by Crippen LogP contribution is 2.29. The first-order valence-corrected chi connectivity index (χ1v) is 11.6. The molecule has 0 atom stereocenters. The lowest BCUT2D eigenvalue weighted by atomic mass is 10.1. The van der Waals surface area contributed by atoms with Crippen LogP contribution in [0, 0.1) is 6.92 Å². The second kappa shape index (κ2) is 9.82. The fourth-order valence-electron chi connectivity index (χ4n) is 3.04. The van der Waals surface area contributed by atoms with E-state index in [1.165, 1.54) is 16.0 Å². The number of thioether (sulfide) groups is 2. The zero-order valence-corrected chi connectivity index (χ0v) is 18.2. The number of benzene rings is 2. The summed E-state index contributed by atoms with van der Waals surface area (Å²) in [5.74, 6) is 1.58. The topological polar surface area (TPSA) is 70.7 Å². The molecule has 0 saturated heterocycles. The lowest BCUT2D eigenvalue weighted by molar-refractivity contribution is 0.0956. The Balaban J connectivity index is 1.30. The Morgan fingerprint density at radius 3 is 2.80 bits per heavy atom. The molecule has 2 aromatic carbocycles. The van der Waals surface area contributed by atoms with E-state index in [0.29, 0.717) is 12.1 Å². The molecule has 0 saturated carbocycles. The smallest absolute Gasteiger partial charge is 0.252 e. The second-order valence-corrected chi connectivity index (χ2v) is 8.83. The monoisotopic (exact) mass is 434 g/mol. The second-order valence-electron chi connectivity index (χ2n) is 6.73. The number of carbonyl (C=O) groups is 1. The van der Waals surface area contributed by atoms with Gasteiger partial charge in [0.2, 0.25) is 0 Å². The fraction of sp³-hybridized carbons (Fsp3) is 0.174. The predicted molar refractivity (Wildman–Crippen MR) is 124 cm³/mol. The maximum atomic E-state index is 12.1. The van der Waals surface area contributed by atoms with Crippen molar-refractivity contribution in [2.75, 3.05) is 12.3 Å². The van der Waals surface area contributed by atoms with Gasteiger partial charge in [0.1, 0.15) is 0 Å². The molecule has 2 N–H and O–H groups in total. The number of aromatic amines is 1. The van der Waals surface area contributed by atoms with Crippen LogP contribution in [0.25, 0.3) is 11.0 Å². The predicted octanol–water partition coefficient (Wildman–Crippen LogP) is 5.08. The van der Waals surface area contributed by atoms with E-state index in [1.807, 2.05) is 24.3 Å². The molecule has 0 spiro atoms. The number of H-pyrrole nitrogens is 1. The van der Waals surface area contributed by atoms with Gasteiger partial charge in [0.25, 0.3) is 5.91 Å². The van der Waals surface area contributed by atoms with Crippen molar-refractivity contribution in [3.63, 3.8) is 0 Å². The summed E-state index contributed by atoms with van der Waals surface area (Å²) in [5.41, 5.74) is 5.22. The number of hydrogen-bond donors (Lipinski definition) is 2. The van der Waals surface area contributed by atoms with Gasteiger partial charge in [0.05, 0.1) is 16.6 Å². The summed E-state index contributed by atoms with van der Waals surface area (Å²) in [7, 11) is 0. The van der Waals surface area contributed by atoms with Crippen LogP contribution in [0.15, 0.2) is 77.0 Å². The maximum absolute atomic E-state index is 12.1. The van der Waals surface area contributed by atoms with E-state index < -0.39 is 0 Å². The van der Waals surface area contributed by atoms with Gasteiger partial charge in [-0.15, -0.1) is 11.8 Å². The number of nitrogens with zero attached hydrogens (tertiary/aromatic N) is 2. The van der Waals surface area contributed by atoms with Crippen LogP contribution in [0.5, 0.6) is 0 Å². The van der Waals surface area contributed by atoms with Crippen LogP contribution in [0.3, 0.4) is 0 Å². The van der Waals surface area contributed by atoms with E-state index in [4.69, 9.17) is 0 Å². The van der Waals surface area contributed by atoms with Crippen LogP contribution in [-0.2, 0) is 5.75 Å². The Kier molecular flexibility index (Phi) is 6.71. The number of amides is 1. The molecule has 152 valence electrons. The van der Waals surface area contributed by atoms with Gasteiger partial charge in [-0.25, -0.2) is 4.98 Å². The summed E-state index contributed by atoms with van der Waals surface area (Å²) in [6, 6.07) is 18.0. The first-order valence-electron chi connectivity index (χ1n) is 9.68. The van der Waals surface area contributed by atoms with Gasteiger partial charge in [-0.05, 0) is 48.4 Å². The molecular weight excluding hydrogens is 412 g/mol. The van der Waals surface area contributed by atoms with E-state index >= 15 is 0 Å². The molecular formula is C23H22N4OS2. The minimum atomic E-state index is -0.0867. The van der Waals surface area contributed by atoms with Crippen molar-refractivity contribution in [1.29, 1.82) is 0 Å². The summed E-state index contributed by atoms with van der Waals surface area (Å²) in [6.07, 6.45) is 3.24. The number of aromatic nitrogens is 3. The van der Waals surface area contributed by atoms with Crippen molar-refractivity contribution in [1.82, 2.24) is 20.3 Å². The summed E-state index contributed by atoms with van der Waals surface area (Å²) in [5, 5.41) is 3.88. The molecule has 4 rings (SSSR count). The van der Waals surface area contributed by atoms with E-state index in [0.717, 1.165) is 27.7 Å². The highest BCUT2D eigenvalue weighted by Gasteiger charge is 2.09. The Bertz CT molecular complexity index is 1110. The molecule has 7 heteroatoms. The lowest BCUT2D eigenvalue weighted by Crippen LogP contribution is -2.25. The van der Waals surface area contributed by atoms with Crippen LogP contribution < -0.4 is 5.32 Å². The van der Waals surface area contributed by atoms with Gasteiger partial charge >= 0.3 is 0 Å². The number of pyridine rings is 1. The Morgan fingerprint density at radius 2 is 1.97 bits per heavy atom. The molecule has 0 aliphatic rings. The van der Waals surface area contributed by atoms with E-state index in [9.17, 15) is 4.79 Å². The fourth-order valence-corrected chi connectivity index (χ4v) is 4.94. The Hall–Kier alpha value is -2.77. The Morgan fingerprint density at radius 1 is 1.07 bits per heavy atom. The van der Waals surface area contributed by atoms with Crippen molar-refractivity contribution < 1.29 is 4.79 Å². The summed E-state index contributed by atoms with van der Waals surface area (Å²) < 4.78 is 0. The van der Waals surface area contributed by atoms with Gasteiger partial charge in [-0.3, -0.25) is 9.78 Å².